The van der Waals surface area contributed by atoms with E-state index in [2.05, 4.69) is 5.10 Å². The molecule has 0 aliphatic carbocycles. The van der Waals surface area contributed by atoms with E-state index in [1.165, 1.54) is 5.01 Å². The minimum absolute atomic E-state index is 0.185. The van der Waals surface area contributed by atoms with Crippen molar-refractivity contribution in [2.45, 2.75) is 6.92 Å². The van der Waals surface area contributed by atoms with Crippen molar-refractivity contribution in [3.63, 3.8) is 0 Å². The largest absolute Gasteiger partial charge is 0.482 e. The summed E-state index contributed by atoms with van der Waals surface area (Å²) in [7, 11) is 0. The van der Waals surface area contributed by atoms with Crippen LogP contribution in [-0.2, 0) is 9.59 Å². The molecule has 3 rings (SSSR count). The van der Waals surface area contributed by atoms with Crippen LogP contribution in [0.15, 0.2) is 65.3 Å². The number of benzene rings is 2. The number of carbonyl (C=O) groups is 2. The van der Waals surface area contributed by atoms with Crippen molar-refractivity contribution in [1.82, 2.24) is 0 Å². The van der Waals surface area contributed by atoms with Gasteiger partial charge < -0.3 is 9.84 Å². The molecular weight excluding hydrogens is 320 g/mol. The van der Waals surface area contributed by atoms with Crippen molar-refractivity contribution in [1.29, 1.82) is 0 Å². The Bertz CT molecular complexity index is 855. The second-order valence-corrected chi connectivity index (χ2v) is 5.45. The van der Waals surface area contributed by atoms with Gasteiger partial charge in [-0.1, -0.05) is 30.3 Å². The van der Waals surface area contributed by atoms with E-state index in [0.717, 1.165) is 5.56 Å². The number of para-hydroxylation sites is 1. The van der Waals surface area contributed by atoms with Crippen LogP contribution in [0.2, 0.25) is 0 Å². The fourth-order valence-corrected chi connectivity index (χ4v) is 2.40. The van der Waals surface area contributed by atoms with Crippen molar-refractivity contribution >= 4 is 29.4 Å². The van der Waals surface area contributed by atoms with Crippen molar-refractivity contribution < 1.29 is 19.4 Å². The molecule has 2 aromatic carbocycles. The normalized spacial score (nSPS) is 15.4. The number of aliphatic carboxylic acids is 1. The van der Waals surface area contributed by atoms with Gasteiger partial charge >= 0.3 is 5.97 Å². The zero-order valence-corrected chi connectivity index (χ0v) is 13.5. The minimum atomic E-state index is -1.03. The molecule has 2 aromatic rings. The van der Waals surface area contributed by atoms with E-state index in [1.807, 2.05) is 30.3 Å². The molecule has 25 heavy (non-hydrogen) atoms. The van der Waals surface area contributed by atoms with Gasteiger partial charge in [-0.25, -0.2) is 4.79 Å². The summed E-state index contributed by atoms with van der Waals surface area (Å²) in [6.45, 7) is 1.40. The van der Waals surface area contributed by atoms with Crippen LogP contribution < -0.4 is 9.75 Å². The van der Waals surface area contributed by atoms with Crippen LogP contribution in [0, 0.1) is 0 Å². The average Bonchev–Trinajstić information content (AvgIpc) is 2.90. The third kappa shape index (κ3) is 3.74. The van der Waals surface area contributed by atoms with Gasteiger partial charge in [0, 0.05) is 0 Å². The van der Waals surface area contributed by atoms with Gasteiger partial charge in [-0.15, -0.1) is 0 Å². The van der Waals surface area contributed by atoms with Crippen molar-refractivity contribution in [3.8, 4) is 5.75 Å². The lowest BCUT2D eigenvalue weighted by atomic mass is 10.1. The predicted molar refractivity (Wildman–Crippen MR) is 94.6 cm³/mol. The van der Waals surface area contributed by atoms with Gasteiger partial charge in [-0.2, -0.15) is 10.1 Å². The number of anilines is 1. The highest BCUT2D eigenvalue weighted by molar-refractivity contribution is 6.32. The SMILES string of the molecule is CC1=NN(c2ccccc2)C(=O)/C1=C/c1ccc(OCC(=O)O)cc1. The van der Waals surface area contributed by atoms with Crippen LogP contribution in [0.5, 0.6) is 5.75 Å². The molecule has 0 aromatic heterocycles. The number of ether oxygens (including phenoxy) is 1. The zero-order chi connectivity index (χ0) is 17.8. The molecule has 0 spiro atoms. The monoisotopic (exact) mass is 336 g/mol. The number of carboxylic acid groups (broad SMARTS) is 1. The molecule has 1 aliphatic rings. The lowest BCUT2D eigenvalue weighted by molar-refractivity contribution is -0.139. The number of hydrogen-bond donors (Lipinski definition) is 1. The molecule has 0 atom stereocenters. The lowest BCUT2D eigenvalue weighted by Crippen LogP contribution is -2.21. The van der Waals surface area contributed by atoms with Gasteiger partial charge in [0.2, 0.25) is 0 Å². The van der Waals surface area contributed by atoms with Crippen LogP contribution in [0.4, 0.5) is 5.69 Å². The Kier molecular flexibility index (Phi) is 4.61. The molecule has 0 fully saturated rings. The fraction of sp³-hybridized carbons (Fsp3) is 0.105. The fourth-order valence-electron chi connectivity index (χ4n) is 2.40. The quantitative estimate of drug-likeness (QED) is 0.852. The number of nitrogens with zero attached hydrogens (tertiary/aromatic N) is 2. The Balaban J connectivity index is 1.78. The first-order valence-electron chi connectivity index (χ1n) is 7.66. The zero-order valence-electron chi connectivity index (χ0n) is 13.5. The van der Waals surface area contributed by atoms with Gasteiger partial charge in [-0.05, 0) is 42.8 Å². The Morgan fingerprint density at radius 1 is 1.16 bits per heavy atom. The maximum Gasteiger partial charge on any atom is 0.341 e. The molecule has 0 saturated heterocycles. The Morgan fingerprint density at radius 3 is 2.48 bits per heavy atom. The molecule has 0 unspecified atom stereocenters. The Hall–Kier alpha value is -3.41. The number of carbonyl (C=O) groups excluding carboxylic acids is 1. The molecule has 0 saturated carbocycles. The molecule has 6 nitrogen and oxygen atoms in total. The summed E-state index contributed by atoms with van der Waals surface area (Å²) in [5.74, 6) is -0.760. The van der Waals surface area contributed by atoms with Gasteiger partial charge in [-0.3, -0.25) is 4.79 Å². The number of carboxylic acids is 1. The standard InChI is InChI=1S/C19H16N2O4/c1-13-17(19(24)21(20-13)15-5-3-2-4-6-15)11-14-7-9-16(10-8-14)25-12-18(22)23/h2-11H,12H2,1H3,(H,22,23)/b17-11+. The third-order valence-corrected chi connectivity index (χ3v) is 3.62. The molecule has 1 heterocycles. The van der Waals surface area contributed by atoms with E-state index >= 15 is 0 Å². The Labute approximate surface area is 144 Å². The van der Waals surface area contributed by atoms with Crippen LogP contribution in [0.25, 0.3) is 6.08 Å². The van der Waals surface area contributed by atoms with Crippen LogP contribution in [0.1, 0.15) is 12.5 Å². The molecule has 1 aliphatic heterocycles. The van der Waals surface area contributed by atoms with Gasteiger partial charge in [0.05, 0.1) is 17.0 Å². The van der Waals surface area contributed by atoms with Crippen LogP contribution >= 0.6 is 0 Å². The van der Waals surface area contributed by atoms with Crippen molar-refractivity contribution in [2.24, 2.45) is 5.10 Å². The lowest BCUT2D eigenvalue weighted by Gasteiger charge is -2.11. The molecule has 0 bridgehead atoms. The molecule has 1 N–H and O–H groups in total. The summed E-state index contributed by atoms with van der Waals surface area (Å²) < 4.78 is 5.09. The summed E-state index contributed by atoms with van der Waals surface area (Å²) in [6.07, 6.45) is 1.76. The smallest absolute Gasteiger partial charge is 0.341 e. The van der Waals surface area contributed by atoms with E-state index in [1.54, 1.807) is 37.3 Å². The predicted octanol–water partition coefficient (Wildman–Crippen LogP) is 2.96. The first kappa shape index (κ1) is 16.4. The van der Waals surface area contributed by atoms with Gasteiger partial charge in [0.1, 0.15) is 5.75 Å². The summed E-state index contributed by atoms with van der Waals surface area (Å²) in [5, 5.41) is 14.3. The highest BCUT2D eigenvalue weighted by atomic mass is 16.5. The van der Waals surface area contributed by atoms with Crippen molar-refractivity contribution in [3.05, 3.63) is 65.7 Å². The maximum atomic E-state index is 12.6. The number of amides is 1. The van der Waals surface area contributed by atoms with E-state index < -0.39 is 12.6 Å². The van der Waals surface area contributed by atoms with E-state index in [-0.39, 0.29) is 5.91 Å². The molecule has 6 heteroatoms. The minimum Gasteiger partial charge on any atom is -0.482 e. The molecule has 0 radical (unpaired) electrons. The first-order valence-corrected chi connectivity index (χ1v) is 7.66. The van der Waals surface area contributed by atoms with Crippen LogP contribution in [0.3, 0.4) is 0 Å². The van der Waals surface area contributed by atoms with E-state index in [4.69, 9.17) is 9.84 Å². The van der Waals surface area contributed by atoms with Crippen molar-refractivity contribution in [2.75, 3.05) is 11.6 Å². The second-order valence-electron chi connectivity index (χ2n) is 5.45. The maximum absolute atomic E-state index is 12.6. The summed E-state index contributed by atoms with van der Waals surface area (Å²) in [5.41, 5.74) is 2.67. The van der Waals surface area contributed by atoms with Gasteiger partial charge in [0.15, 0.2) is 6.61 Å². The summed E-state index contributed by atoms with van der Waals surface area (Å²) >= 11 is 0. The molecular formula is C19H16N2O4. The highest BCUT2D eigenvalue weighted by Crippen LogP contribution is 2.25. The highest BCUT2D eigenvalue weighted by Gasteiger charge is 2.28. The molecule has 1 amide bonds. The third-order valence-electron chi connectivity index (χ3n) is 3.62. The summed E-state index contributed by atoms with van der Waals surface area (Å²) in [6, 6.07) is 16.1. The molecule has 126 valence electrons. The second kappa shape index (κ2) is 7.00. The summed E-state index contributed by atoms with van der Waals surface area (Å²) in [4.78, 5) is 23.1. The number of hydrazone groups is 1. The van der Waals surface area contributed by atoms with Gasteiger partial charge in [0.25, 0.3) is 5.91 Å². The van der Waals surface area contributed by atoms with Crippen LogP contribution in [-0.4, -0.2) is 29.3 Å². The number of rotatable bonds is 5. The Morgan fingerprint density at radius 2 is 1.84 bits per heavy atom. The number of hydrogen-bond acceptors (Lipinski definition) is 4. The average molecular weight is 336 g/mol. The van der Waals surface area contributed by atoms with E-state index in [0.29, 0.717) is 22.7 Å². The van der Waals surface area contributed by atoms with E-state index in [9.17, 15) is 9.59 Å². The first-order chi connectivity index (χ1) is 12.0. The topological polar surface area (TPSA) is 79.2 Å².